The van der Waals surface area contributed by atoms with E-state index >= 15 is 0 Å². The minimum absolute atomic E-state index is 0.0146. The highest BCUT2D eigenvalue weighted by molar-refractivity contribution is 7.89. The topological polar surface area (TPSA) is 78.0 Å². The molecule has 1 fully saturated rings. The van der Waals surface area contributed by atoms with Crippen LogP contribution in [0.1, 0.15) is 20.7 Å². The number of carbonyl (C=O) groups is 2. The van der Waals surface area contributed by atoms with Crippen LogP contribution in [0, 0.1) is 11.6 Å². The van der Waals surface area contributed by atoms with Crippen molar-refractivity contribution in [3.05, 3.63) is 65.2 Å². The lowest BCUT2D eigenvalue weighted by atomic mass is 10.1. The van der Waals surface area contributed by atoms with Crippen LogP contribution in [0.3, 0.4) is 0 Å². The molecule has 1 saturated heterocycles. The lowest BCUT2D eigenvalue weighted by molar-refractivity contribution is 0.0500. The first kappa shape index (κ1) is 19.6. The number of halogens is 2. The number of imide groups is 1. The molecule has 2 aliphatic rings. The molecule has 2 amide bonds. The van der Waals surface area contributed by atoms with Crippen molar-refractivity contribution < 1.29 is 26.8 Å². The maximum atomic E-state index is 13.9. The number of rotatable bonds is 4. The third-order valence-corrected chi connectivity index (χ3v) is 7.02. The molecule has 2 aromatic rings. The molecule has 2 heterocycles. The van der Waals surface area contributed by atoms with Crippen LogP contribution < -0.4 is 0 Å². The molecule has 4 rings (SSSR count). The van der Waals surface area contributed by atoms with Gasteiger partial charge in [-0.15, -0.1) is 0 Å². The van der Waals surface area contributed by atoms with Gasteiger partial charge >= 0.3 is 0 Å². The summed E-state index contributed by atoms with van der Waals surface area (Å²) in [6.07, 6.45) is 0. The lowest BCUT2D eigenvalue weighted by Crippen LogP contribution is -2.52. The van der Waals surface area contributed by atoms with Crippen molar-refractivity contribution in [2.24, 2.45) is 0 Å². The molecule has 29 heavy (non-hydrogen) atoms. The molecule has 10 heteroatoms. The Bertz CT molecular complexity index is 1040. The van der Waals surface area contributed by atoms with Crippen LogP contribution >= 0.6 is 0 Å². The number of hydrogen-bond donors (Lipinski definition) is 0. The van der Waals surface area contributed by atoms with E-state index in [4.69, 9.17) is 0 Å². The number of fused-ring (bicyclic) bond motifs is 1. The van der Waals surface area contributed by atoms with E-state index in [2.05, 4.69) is 0 Å². The van der Waals surface area contributed by atoms with Gasteiger partial charge in [0.1, 0.15) is 11.6 Å². The van der Waals surface area contributed by atoms with E-state index in [0.29, 0.717) is 11.1 Å². The van der Waals surface area contributed by atoms with Crippen LogP contribution in [-0.2, 0) is 10.0 Å². The van der Waals surface area contributed by atoms with Gasteiger partial charge in [0.2, 0.25) is 10.0 Å². The van der Waals surface area contributed by atoms with Gasteiger partial charge in [-0.05, 0) is 24.3 Å². The normalized spacial score (nSPS) is 18.3. The first-order valence-electron chi connectivity index (χ1n) is 8.92. The molecule has 0 atom stereocenters. The predicted octanol–water partition coefficient (Wildman–Crippen LogP) is 1.52. The minimum Gasteiger partial charge on any atom is -0.283 e. The molecule has 0 unspecified atom stereocenters. The van der Waals surface area contributed by atoms with Gasteiger partial charge in [-0.25, -0.2) is 17.2 Å². The second-order valence-electron chi connectivity index (χ2n) is 6.80. The van der Waals surface area contributed by atoms with Gasteiger partial charge in [0.05, 0.1) is 17.8 Å². The molecule has 0 aromatic heterocycles. The largest absolute Gasteiger partial charge is 0.283 e. The molecule has 0 N–H and O–H groups in total. The number of sulfonamides is 1. The second-order valence-corrected chi connectivity index (χ2v) is 8.67. The van der Waals surface area contributed by atoms with E-state index < -0.39 is 38.4 Å². The summed E-state index contributed by atoms with van der Waals surface area (Å²) in [5.41, 5.74) is 0.683. The average molecular weight is 421 g/mol. The van der Waals surface area contributed by atoms with Crippen molar-refractivity contribution in [2.75, 3.05) is 32.8 Å². The van der Waals surface area contributed by atoms with Crippen LogP contribution in [0.5, 0.6) is 0 Å². The van der Waals surface area contributed by atoms with E-state index in [-0.39, 0.29) is 32.8 Å². The van der Waals surface area contributed by atoms with Crippen molar-refractivity contribution in [1.29, 1.82) is 0 Å². The van der Waals surface area contributed by atoms with E-state index in [1.54, 1.807) is 29.2 Å². The number of hydrogen-bond acceptors (Lipinski definition) is 5. The van der Waals surface area contributed by atoms with Crippen molar-refractivity contribution in [1.82, 2.24) is 14.1 Å². The highest BCUT2D eigenvalue weighted by Gasteiger charge is 2.38. The van der Waals surface area contributed by atoms with E-state index in [0.717, 1.165) is 27.4 Å². The second kappa shape index (κ2) is 7.29. The number of carbonyl (C=O) groups excluding carboxylic acids is 2. The van der Waals surface area contributed by atoms with Gasteiger partial charge in [-0.2, -0.15) is 4.31 Å². The molecular formula is C19H17F2N3O4S. The summed E-state index contributed by atoms with van der Waals surface area (Å²) in [7, 11) is -4.33. The molecule has 0 aliphatic carbocycles. The van der Waals surface area contributed by atoms with Gasteiger partial charge in [0.15, 0.2) is 4.90 Å². The van der Waals surface area contributed by atoms with Gasteiger partial charge in [0.25, 0.3) is 11.8 Å². The van der Waals surface area contributed by atoms with Gasteiger partial charge in [-0.3, -0.25) is 19.4 Å². The summed E-state index contributed by atoms with van der Waals surface area (Å²) in [4.78, 5) is 26.8. The maximum absolute atomic E-state index is 13.9. The zero-order valence-electron chi connectivity index (χ0n) is 15.2. The standard InChI is InChI=1S/C19H17F2N3O4S/c20-15-6-3-7-16(21)17(15)29(27,28)23-10-8-22(9-11-23)12-24-18(25)13-4-1-2-5-14(13)19(24)26/h1-7H,8-12H2. The monoisotopic (exact) mass is 421 g/mol. The summed E-state index contributed by atoms with van der Waals surface area (Å²) in [6.45, 7) is 0.415. The summed E-state index contributed by atoms with van der Waals surface area (Å²) in [5, 5.41) is 0. The Hall–Kier alpha value is -2.69. The number of amides is 2. The fourth-order valence-electron chi connectivity index (χ4n) is 3.54. The van der Waals surface area contributed by atoms with Gasteiger partial charge in [0, 0.05) is 26.2 Å². The minimum atomic E-state index is -4.33. The maximum Gasteiger partial charge on any atom is 0.262 e. The summed E-state index contributed by atoms with van der Waals surface area (Å²) in [6, 6.07) is 9.43. The third-order valence-electron chi connectivity index (χ3n) is 5.07. The average Bonchev–Trinajstić information content (AvgIpc) is 2.93. The fourth-order valence-corrected chi connectivity index (χ4v) is 5.07. The zero-order chi connectivity index (χ0) is 20.8. The summed E-state index contributed by atoms with van der Waals surface area (Å²) < 4.78 is 54.1. The van der Waals surface area contributed by atoms with Gasteiger partial charge < -0.3 is 0 Å². The molecule has 0 bridgehead atoms. The highest BCUT2D eigenvalue weighted by Crippen LogP contribution is 2.25. The van der Waals surface area contributed by atoms with Crippen molar-refractivity contribution >= 4 is 21.8 Å². The molecule has 2 aromatic carbocycles. The predicted molar refractivity (Wildman–Crippen MR) is 98.5 cm³/mol. The highest BCUT2D eigenvalue weighted by atomic mass is 32.2. The van der Waals surface area contributed by atoms with Crippen molar-refractivity contribution in [2.45, 2.75) is 4.90 Å². The smallest absolute Gasteiger partial charge is 0.262 e. The zero-order valence-corrected chi connectivity index (χ0v) is 16.0. The molecule has 0 spiro atoms. The number of benzene rings is 2. The molecule has 0 saturated carbocycles. The Morgan fingerprint density at radius 3 is 1.83 bits per heavy atom. The third kappa shape index (κ3) is 3.33. The van der Waals surface area contributed by atoms with E-state index in [1.165, 1.54) is 0 Å². The van der Waals surface area contributed by atoms with Gasteiger partial charge in [-0.1, -0.05) is 18.2 Å². The van der Waals surface area contributed by atoms with E-state index in [1.807, 2.05) is 0 Å². The molecule has 0 radical (unpaired) electrons. The quantitative estimate of drug-likeness (QED) is 0.700. The molecular weight excluding hydrogens is 404 g/mol. The van der Waals surface area contributed by atoms with Crippen LogP contribution in [0.2, 0.25) is 0 Å². The lowest BCUT2D eigenvalue weighted by Gasteiger charge is -2.35. The molecule has 7 nitrogen and oxygen atoms in total. The Morgan fingerprint density at radius 2 is 1.31 bits per heavy atom. The van der Waals surface area contributed by atoms with Crippen LogP contribution in [-0.4, -0.2) is 67.2 Å². The first-order valence-corrected chi connectivity index (χ1v) is 10.4. The fraction of sp³-hybridized carbons (Fsp3) is 0.263. The van der Waals surface area contributed by atoms with Crippen molar-refractivity contribution in [3.63, 3.8) is 0 Å². The van der Waals surface area contributed by atoms with Crippen molar-refractivity contribution in [3.8, 4) is 0 Å². The Kier molecular flexibility index (Phi) is 4.93. The first-order chi connectivity index (χ1) is 13.8. The molecule has 2 aliphatic heterocycles. The Morgan fingerprint density at radius 1 is 0.793 bits per heavy atom. The Balaban J connectivity index is 1.44. The number of nitrogens with zero attached hydrogens (tertiary/aromatic N) is 3. The van der Waals surface area contributed by atoms with E-state index in [9.17, 15) is 26.8 Å². The van der Waals surface area contributed by atoms with Crippen LogP contribution in [0.15, 0.2) is 47.4 Å². The summed E-state index contributed by atoms with van der Waals surface area (Å²) in [5.74, 6) is -3.07. The molecule has 152 valence electrons. The number of piperazine rings is 1. The Labute approximate surface area is 166 Å². The van der Waals surface area contributed by atoms with Crippen LogP contribution in [0.25, 0.3) is 0 Å². The SMILES string of the molecule is O=C1c2ccccc2C(=O)N1CN1CCN(S(=O)(=O)c2c(F)cccc2F)CC1. The summed E-state index contributed by atoms with van der Waals surface area (Å²) >= 11 is 0. The van der Waals surface area contributed by atoms with Crippen LogP contribution in [0.4, 0.5) is 8.78 Å².